The van der Waals surface area contributed by atoms with Gasteiger partial charge in [0.2, 0.25) is 0 Å². The highest BCUT2D eigenvalue weighted by atomic mass is 16.5. The lowest BCUT2D eigenvalue weighted by Gasteiger charge is -2.32. The van der Waals surface area contributed by atoms with Crippen molar-refractivity contribution in [1.29, 1.82) is 0 Å². The van der Waals surface area contributed by atoms with Crippen molar-refractivity contribution in [2.24, 2.45) is 5.92 Å². The lowest BCUT2D eigenvalue weighted by Crippen LogP contribution is -2.43. The summed E-state index contributed by atoms with van der Waals surface area (Å²) in [7, 11) is 0. The summed E-state index contributed by atoms with van der Waals surface area (Å²) in [6, 6.07) is 3.97. The number of amides is 2. The molecule has 2 saturated heterocycles. The Morgan fingerprint density at radius 2 is 2.08 bits per heavy atom. The number of aryl methyl sites for hydroxylation is 1. The molecule has 2 aliphatic rings. The molecule has 1 aromatic rings. The Hall–Kier alpha value is -1.82. The monoisotopic (exact) mass is 346 g/mol. The van der Waals surface area contributed by atoms with Crippen LogP contribution < -0.4 is 10.2 Å². The summed E-state index contributed by atoms with van der Waals surface area (Å²) in [6.45, 7) is 9.18. The van der Waals surface area contributed by atoms with Gasteiger partial charge in [0.05, 0.1) is 18.0 Å². The maximum Gasteiger partial charge on any atom is 0.321 e. The quantitative estimate of drug-likeness (QED) is 0.889. The molecule has 6 nitrogen and oxygen atoms in total. The van der Waals surface area contributed by atoms with E-state index in [2.05, 4.69) is 15.2 Å². The maximum atomic E-state index is 12.6. The summed E-state index contributed by atoms with van der Waals surface area (Å²) >= 11 is 0. The van der Waals surface area contributed by atoms with Gasteiger partial charge >= 0.3 is 6.03 Å². The zero-order valence-corrected chi connectivity index (χ0v) is 15.5. The van der Waals surface area contributed by atoms with Gasteiger partial charge < -0.3 is 19.9 Å². The molecule has 1 atom stereocenters. The molecule has 1 aromatic heterocycles. The largest absolute Gasteiger partial charge is 0.381 e. The predicted octanol–water partition coefficient (Wildman–Crippen LogP) is 3.27. The van der Waals surface area contributed by atoms with E-state index >= 15 is 0 Å². The van der Waals surface area contributed by atoms with Crippen LogP contribution in [0.2, 0.25) is 0 Å². The summed E-state index contributed by atoms with van der Waals surface area (Å²) in [4.78, 5) is 21.5. The molecule has 138 valence electrons. The highest BCUT2D eigenvalue weighted by molar-refractivity contribution is 5.90. The minimum atomic E-state index is -0.0278. The SMILES string of the molecule is CCOCC1CCCN(C(=O)Nc2ccc(N3CCCC3)nc2C)C1. The fraction of sp³-hybridized carbons (Fsp3) is 0.684. The predicted molar refractivity (Wildman–Crippen MR) is 100 cm³/mol. The summed E-state index contributed by atoms with van der Waals surface area (Å²) in [5.41, 5.74) is 1.68. The zero-order chi connectivity index (χ0) is 17.6. The van der Waals surface area contributed by atoms with E-state index in [1.807, 2.05) is 30.9 Å². The van der Waals surface area contributed by atoms with E-state index in [1.54, 1.807) is 0 Å². The highest BCUT2D eigenvalue weighted by Crippen LogP contribution is 2.23. The van der Waals surface area contributed by atoms with Crippen LogP contribution in [0.1, 0.15) is 38.3 Å². The standard InChI is InChI=1S/C19H30N4O2/c1-3-25-14-16-7-6-12-23(13-16)19(24)21-17-8-9-18(20-15(17)2)22-10-4-5-11-22/h8-9,16H,3-7,10-14H2,1-2H3,(H,21,24). The van der Waals surface area contributed by atoms with Crippen molar-refractivity contribution < 1.29 is 9.53 Å². The molecule has 0 aromatic carbocycles. The molecule has 1 N–H and O–H groups in total. The van der Waals surface area contributed by atoms with E-state index < -0.39 is 0 Å². The molecule has 3 heterocycles. The summed E-state index contributed by atoms with van der Waals surface area (Å²) in [5, 5.41) is 3.04. The molecule has 2 aliphatic heterocycles. The smallest absolute Gasteiger partial charge is 0.321 e. The van der Waals surface area contributed by atoms with Gasteiger partial charge in [0, 0.05) is 38.7 Å². The van der Waals surface area contributed by atoms with Crippen LogP contribution in [0.3, 0.4) is 0 Å². The van der Waals surface area contributed by atoms with Gasteiger partial charge in [-0.3, -0.25) is 0 Å². The molecule has 0 saturated carbocycles. The first-order valence-corrected chi connectivity index (χ1v) is 9.53. The van der Waals surface area contributed by atoms with Crippen LogP contribution in [-0.4, -0.2) is 55.3 Å². The van der Waals surface area contributed by atoms with Crippen molar-refractivity contribution in [3.63, 3.8) is 0 Å². The van der Waals surface area contributed by atoms with E-state index in [1.165, 1.54) is 12.8 Å². The topological polar surface area (TPSA) is 57.7 Å². The Kier molecular flexibility index (Phi) is 6.13. The number of aromatic nitrogens is 1. The van der Waals surface area contributed by atoms with E-state index in [0.717, 1.165) is 69.4 Å². The lowest BCUT2D eigenvalue weighted by molar-refractivity contribution is 0.0777. The number of piperidine rings is 1. The highest BCUT2D eigenvalue weighted by Gasteiger charge is 2.24. The molecule has 0 radical (unpaired) electrons. The first kappa shape index (κ1) is 18.0. The van der Waals surface area contributed by atoms with E-state index in [-0.39, 0.29) is 6.03 Å². The molecule has 25 heavy (non-hydrogen) atoms. The van der Waals surface area contributed by atoms with Crippen LogP contribution in [0, 0.1) is 12.8 Å². The van der Waals surface area contributed by atoms with Gasteiger partial charge in [-0.15, -0.1) is 0 Å². The Balaban J connectivity index is 1.58. The number of pyridine rings is 1. The van der Waals surface area contributed by atoms with Gasteiger partial charge in [-0.25, -0.2) is 9.78 Å². The molecule has 0 aliphatic carbocycles. The second-order valence-corrected chi connectivity index (χ2v) is 7.04. The van der Waals surface area contributed by atoms with E-state index in [4.69, 9.17) is 4.74 Å². The van der Waals surface area contributed by atoms with Crippen molar-refractivity contribution in [3.05, 3.63) is 17.8 Å². The minimum Gasteiger partial charge on any atom is -0.381 e. The van der Waals surface area contributed by atoms with Gasteiger partial charge in [-0.05, 0) is 51.7 Å². The van der Waals surface area contributed by atoms with E-state index in [9.17, 15) is 4.79 Å². The minimum absolute atomic E-state index is 0.0278. The number of nitrogens with zero attached hydrogens (tertiary/aromatic N) is 3. The van der Waals surface area contributed by atoms with E-state index in [0.29, 0.717) is 5.92 Å². The molecule has 2 amide bonds. The normalized spacial score (nSPS) is 20.8. The molecular formula is C19H30N4O2. The Bertz CT molecular complexity index is 587. The van der Waals surface area contributed by atoms with Crippen LogP contribution in [0.25, 0.3) is 0 Å². The van der Waals surface area contributed by atoms with Crippen molar-refractivity contribution in [2.75, 3.05) is 49.6 Å². The van der Waals surface area contributed by atoms with Gasteiger partial charge in [0.15, 0.2) is 0 Å². The number of nitrogens with one attached hydrogen (secondary N) is 1. The second kappa shape index (κ2) is 8.52. The number of hydrogen-bond donors (Lipinski definition) is 1. The Labute approximate surface area is 150 Å². The van der Waals surface area contributed by atoms with Crippen LogP contribution in [0.4, 0.5) is 16.3 Å². The number of hydrogen-bond acceptors (Lipinski definition) is 4. The van der Waals surface area contributed by atoms with Crippen molar-refractivity contribution in [2.45, 2.75) is 39.5 Å². The third kappa shape index (κ3) is 4.63. The number of rotatable bonds is 5. The fourth-order valence-corrected chi connectivity index (χ4v) is 3.67. The molecule has 0 bridgehead atoms. The van der Waals surface area contributed by atoms with Gasteiger partial charge in [-0.2, -0.15) is 0 Å². The van der Waals surface area contributed by atoms with Gasteiger partial charge in [-0.1, -0.05) is 0 Å². The first-order valence-electron chi connectivity index (χ1n) is 9.53. The van der Waals surface area contributed by atoms with Crippen LogP contribution in [0.5, 0.6) is 0 Å². The third-order valence-electron chi connectivity index (χ3n) is 5.11. The van der Waals surface area contributed by atoms with Crippen molar-refractivity contribution >= 4 is 17.5 Å². The lowest BCUT2D eigenvalue weighted by atomic mass is 9.99. The van der Waals surface area contributed by atoms with Gasteiger partial charge in [0.25, 0.3) is 0 Å². The number of likely N-dealkylation sites (tertiary alicyclic amines) is 1. The number of carbonyl (C=O) groups is 1. The number of urea groups is 1. The maximum absolute atomic E-state index is 12.6. The molecular weight excluding hydrogens is 316 g/mol. The molecule has 6 heteroatoms. The first-order chi connectivity index (χ1) is 12.2. The molecule has 1 unspecified atom stereocenters. The second-order valence-electron chi connectivity index (χ2n) is 7.04. The summed E-state index contributed by atoms with van der Waals surface area (Å²) in [6.07, 6.45) is 4.64. The average Bonchev–Trinajstić information content (AvgIpc) is 3.16. The molecule has 2 fully saturated rings. The summed E-state index contributed by atoms with van der Waals surface area (Å²) in [5.74, 6) is 1.46. The Morgan fingerprint density at radius 3 is 2.80 bits per heavy atom. The van der Waals surface area contributed by atoms with Crippen molar-refractivity contribution in [3.8, 4) is 0 Å². The number of ether oxygens (including phenoxy) is 1. The molecule has 3 rings (SSSR count). The van der Waals surface area contributed by atoms with Crippen LogP contribution in [0.15, 0.2) is 12.1 Å². The third-order valence-corrected chi connectivity index (χ3v) is 5.11. The van der Waals surface area contributed by atoms with Crippen LogP contribution in [-0.2, 0) is 4.74 Å². The number of carbonyl (C=O) groups excluding carboxylic acids is 1. The average molecular weight is 346 g/mol. The summed E-state index contributed by atoms with van der Waals surface area (Å²) < 4.78 is 5.53. The number of anilines is 2. The van der Waals surface area contributed by atoms with Crippen LogP contribution >= 0.6 is 0 Å². The molecule has 0 spiro atoms. The fourth-order valence-electron chi connectivity index (χ4n) is 3.67. The Morgan fingerprint density at radius 1 is 1.28 bits per heavy atom. The van der Waals surface area contributed by atoms with Crippen molar-refractivity contribution in [1.82, 2.24) is 9.88 Å². The van der Waals surface area contributed by atoms with Gasteiger partial charge in [0.1, 0.15) is 5.82 Å². The zero-order valence-electron chi connectivity index (χ0n) is 15.5.